The van der Waals surface area contributed by atoms with Gasteiger partial charge in [0.25, 0.3) is 0 Å². The highest BCUT2D eigenvalue weighted by atomic mass is 32.1. The molecule has 0 radical (unpaired) electrons. The largest absolute Gasteiger partial charge is 0.377 e. The Morgan fingerprint density at radius 1 is 1.32 bits per heavy atom. The summed E-state index contributed by atoms with van der Waals surface area (Å²) in [7, 11) is 5.80. The second kappa shape index (κ2) is 8.79. The van der Waals surface area contributed by atoms with Gasteiger partial charge in [-0.1, -0.05) is 12.2 Å². The number of aromatic nitrogens is 1. The van der Waals surface area contributed by atoms with Gasteiger partial charge in [-0.2, -0.15) is 0 Å². The van der Waals surface area contributed by atoms with E-state index in [0.29, 0.717) is 30.0 Å². The zero-order valence-electron chi connectivity index (χ0n) is 16.2. The summed E-state index contributed by atoms with van der Waals surface area (Å²) in [5.74, 6) is 0.0440. The molecule has 146 valence electrons. The van der Waals surface area contributed by atoms with E-state index in [1.165, 1.54) is 11.3 Å². The number of likely N-dealkylation sites (N-methyl/N-ethyl adjacent to an activating group) is 1. The number of pyridine rings is 1. The van der Waals surface area contributed by atoms with Crippen molar-refractivity contribution in [3.63, 3.8) is 0 Å². The molecule has 0 spiro atoms. The molecule has 0 fully saturated rings. The number of carbonyl (C=O) groups is 2. The molecule has 2 aromatic rings. The molecule has 1 amide bonds. The fourth-order valence-corrected chi connectivity index (χ4v) is 3.85. The zero-order valence-corrected chi connectivity index (χ0v) is 17.0. The van der Waals surface area contributed by atoms with Gasteiger partial charge in [0, 0.05) is 46.0 Å². The number of aliphatic imine (C=N–C) groups is 1. The average Bonchev–Trinajstić information content (AvgIpc) is 3.09. The third-order valence-electron chi connectivity index (χ3n) is 4.36. The van der Waals surface area contributed by atoms with Crippen LogP contribution in [0.5, 0.6) is 0 Å². The van der Waals surface area contributed by atoms with E-state index in [0.717, 1.165) is 27.9 Å². The molecular formula is C20H23N5O2S. The lowest BCUT2D eigenvalue weighted by Gasteiger charge is -2.15. The monoisotopic (exact) mass is 397 g/mol. The summed E-state index contributed by atoms with van der Waals surface area (Å²) in [6.07, 6.45) is 11.2. The van der Waals surface area contributed by atoms with Crippen LogP contribution in [0.2, 0.25) is 0 Å². The molecule has 28 heavy (non-hydrogen) atoms. The third-order valence-corrected chi connectivity index (χ3v) is 5.37. The van der Waals surface area contributed by atoms with Crippen LogP contribution in [0.3, 0.4) is 0 Å². The Labute approximate surface area is 168 Å². The Bertz CT molecular complexity index is 974. The number of fused-ring (bicyclic) bond motifs is 1. The Morgan fingerprint density at radius 2 is 2.14 bits per heavy atom. The molecule has 8 heteroatoms. The Balaban J connectivity index is 1.96. The van der Waals surface area contributed by atoms with Crippen molar-refractivity contribution in [2.75, 3.05) is 32.6 Å². The molecular weight excluding hydrogens is 374 g/mol. The Hall–Kier alpha value is -3.00. The maximum atomic E-state index is 11.6. The number of hydrogen-bond acceptors (Lipinski definition) is 6. The predicted octanol–water partition coefficient (Wildman–Crippen LogP) is 3.12. The van der Waals surface area contributed by atoms with E-state index in [-0.39, 0.29) is 5.91 Å². The molecule has 3 heterocycles. The third kappa shape index (κ3) is 4.28. The first-order chi connectivity index (χ1) is 13.5. The lowest BCUT2D eigenvalue weighted by Crippen LogP contribution is -2.22. The van der Waals surface area contributed by atoms with Gasteiger partial charge in [0.05, 0.1) is 28.0 Å². The molecule has 1 N–H and O–H groups in total. The molecule has 0 atom stereocenters. The number of nitrogens with zero attached hydrogens (tertiary/aromatic N) is 4. The van der Waals surface area contributed by atoms with Crippen LogP contribution >= 0.6 is 11.3 Å². The lowest BCUT2D eigenvalue weighted by molar-refractivity contribution is -0.120. The predicted molar refractivity (Wildman–Crippen MR) is 115 cm³/mol. The van der Waals surface area contributed by atoms with Crippen LogP contribution in [0, 0.1) is 0 Å². The van der Waals surface area contributed by atoms with Gasteiger partial charge in [0.1, 0.15) is 4.83 Å². The van der Waals surface area contributed by atoms with Crippen LogP contribution in [0.25, 0.3) is 10.2 Å². The van der Waals surface area contributed by atoms with Gasteiger partial charge in [-0.15, -0.1) is 11.3 Å². The van der Waals surface area contributed by atoms with E-state index < -0.39 is 0 Å². The highest BCUT2D eigenvalue weighted by Crippen LogP contribution is 2.40. The van der Waals surface area contributed by atoms with Gasteiger partial charge < -0.3 is 15.1 Å². The van der Waals surface area contributed by atoms with Gasteiger partial charge >= 0.3 is 0 Å². The summed E-state index contributed by atoms with van der Waals surface area (Å²) in [5.41, 5.74) is 2.54. The minimum absolute atomic E-state index is 0.0440. The molecule has 0 aliphatic carbocycles. The van der Waals surface area contributed by atoms with Crippen molar-refractivity contribution < 1.29 is 9.59 Å². The molecule has 1 aliphatic heterocycles. The van der Waals surface area contributed by atoms with Crippen LogP contribution in [-0.2, 0) is 4.79 Å². The molecule has 0 aromatic carbocycles. The number of allylic oxidation sites excluding steroid dienone is 2. The van der Waals surface area contributed by atoms with Crippen molar-refractivity contribution >= 4 is 51.5 Å². The van der Waals surface area contributed by atoms with Crippen LogP contribution in [0.1, 0.15) is 22.5 Å². The van der Waals surface area contributed by atoms with Gasteiger partial charge in [0.15, 0.2) is 6.29 Å². The molecule has 0 saturated heterocycles. The summed E-state index contributed by atoms with van der Waals surface area (Å²) >= 11 is 1.34. The zero-order chi connectivity index (χ0) is 20.1. The fourth-order valence-electron chi connectivity index (χ4n) is 2.92. The van der Waals surface area contributed by atoms with Gasteiger partial charge in [-0.3, -0.25) is 9.59 Å². The summed E-state index contributed by atoms with van der Waals surface area (Å²) in [6, 6.07) is 1.92. The van der Waals surface area contributed by atoms with Crippen molar-refractivity contribution in [3.8, 4) is 0 Å². The summed E-state index contributed by atoms with van der Waals surface area (Å²) in [4.78, 5) is 37.4. The van der Waals surface area contributed by atoms with Crippen molar-refractivity contribution in [2.45, 2.75) is 12.8 Å². The number of carbonyl (C=O) groups excluding carboxylic acids is 2. The highest BCUT2D eigenvalue weighted by molar-refractivity contribution is 7.21. The van der Waals surface area contributed by atoms with Crippen LogP contribution in [0.4, 0.5) is 11.4 Å². The Kier molecular flexibility index (Phi) is 6.20. The number of nitrogens with one attached hydrogen (secondary N) is 1. The van der Waals surface area contributed by atoms with E-state index in [2.05, 4.69) is 15.3 Å². The van der Waals surface area contributed by atoms with Crippen molar-refractivity contribution in [2.24, 2.45) is 4.99 Å². The van der Waals surface area contributed by atoms with E-state index in [1.807, 2.05) is 55.2 Å². The molecule has 0 saturated carbocycles. The maximum Gasteiger partial charge on any atom is 0.220 e. The van der Waals surface area contributed by atoms with Crippen molar-refractivity contribution in [1.82, 2.24) is 15.2 Å². The second-order valence-electron chi connectivity index (χ2n) is 6.57. The minimum Gasteiger partial charge on any atom is -0.377 e. The number of anilines is 1. The normalized spacial score (nSPS) is 18.0. The van der Waals surface area contributed by atoms with E-state index in [4.69, 9.17) is 0 Å². The molecule has 0 bridgehead atoms. The molecule has 1 aliphatic rings. The smallest absolute Gasteiger partial charge is 0.220 e. The van der Waals surface area contributed by atoms with E-state index >= 15 is 0 Å². The topological polar surface area (TPSA) is 77.9 Å². The van der Waals surface area contributed by atoms with Gasteiger partial charge in [-0.05, 0) is 18.6 Å². The lowest BCUT2D eigenvalue weighted by atomic mass is 10.2. The highest BCUT2D eigenvalue weighted by Gasteiger charge is 2.16. The first-order valence-corrected chi connectivity index (χ1v) is 9.77. The molecule has 2 aromatic heterocycles. The number of rotatable bonds is 5. The first-order valence-electron chi connectivity index (χ1n) is 8.95. The maximum absolute atomic E-state index is 11.6. The van der Waals surface area contributed by atoms with E-state index in [9.17, 15) is 9.59 Å². The number of amides is 1. The molecule has 3 rings (SSSR count). The SMILES string of the molecule is CN(C=Nc1c(C=O)sc2nccc(N(C)C)c12)C1=C/CCC(=O)NC/C=C\1. The van der Waals surface area contributed by atoms with Gasteiger partial charge in [-0.25, -0.2) is 9.98 Å². The van der Waals surface area contributed by atoms with Crippen molar-refractivity contribution in [1.29, 1.82) is 0 Å². The number of hydrogen-bond donors (Lipinski definition) is 1. The summed E-state index contributed by atoms with van der Waals surface area (Å²) < 4.78 is 0. The minimum atomic E-state index is 0.0440. The molecule has 7 nitrogen and oxygen atoms in total. The quantitative estimate of drug-likeness (QED) is 0.476. The van der Waals surface area contributed by atoms with Crippen LogP contribution in [-0.4, -0.2) is 56.1 Å². The van der Waals surface area contributed by atoms with Gasteiger partial charge in [0.2, 0.25) is 5.91 Å². The van der Waals surface area contributed by atoms with Crippen molar-refractivity contribution in [3.05, 3.63) is 41.1 Å². The summed E-state index contributed by atoms with van der Waals surface area (Å²) in [6.45, 7) is 0.503. The fraction of sp³-hybridized carbons (Fsp3) is 0.300. The first kappa shape index (κ1) is 19.8. The average molecular weight is 398 g/mol. The van der Waals surface area contributed by atoms with Crippen LogP contribution < -0.4 is 10.2 Å². The van der Waals surface area contributed by atoms with Crippen LogP contribution in [0.15, 0.2) is 41.2 Å². The standard InChI is InChI=1S/C20H23N5O2S/c1-24(2)15-9-11-22-20-18(15)19(16(12-26)28-20)23-13-25(3)14-6-4-8-17(27)21-10-5-7-14/h5-7,9,11-13H,4,8,10H2,1-3H3,(H,21,27)/b7-5-,14-6+,23-13?. The number of aldehydes is 1. The van der Waals surface area contributed by atoms with E-state index in [1.54, 1.807) is 12.5 Å². The number of thiophene rings is 1. The summed E-state index contributed by atoms with van der Waals surface area (Å²) in [5, 5.41) is 3.70. The molecule has 0 unspecified atom stereocenters. The Morgan fingerprint density at radius 3 is 2.89 bits per heavy atom. The second-order valence-corrected chi connectivity index (χ2v) is 7.60.